The number of hydrogen-bond acceptors (Lipinski definition) is 5. The molecule has 94 valence electrons. The molecule has 6 nitrogen and oxygen atoms in total. The second-order valence-corrected chi connectivity index (χ2v) is 5.81. The number of anilines is 1. The van der Waals surface area contributed by atoms with Crippen LogP contribution in [0.5, 0.6) is 0 Å². The Morgan fingerprint density at radius 1 is 1.53 bits per heavy atom. The number of nitrogens with two attached hydrogens (primary N) is 1. The van der Waals surface area contributed by atoms with Crippen LogP contribution in [-0.4, -0.2) is 31.9 Å². The summed E-state index contributed by atoms with van der Waals surface area (Å²) in [4.78, 5) is 4.09. The van der Waals surface area contributed by atoms with Gasteiger partial charge in [-0.1, -0.05) is 6.07 Å². The third-order valence-electron chi connectivity index (χ3n) is 2.59. The van der Waals surface area contributed by atoms with E-state index < -0.39 is 15.3 Å². The topological polar surface area (TPSA) is 94.3 Å². The van der Waals surface area contributed by atoms with Crippen LogP contribution in [0.2, 0.25) is 0 Å². The van der Waals surface area contributed by atoms with Gasteiger partial charge in [-0.2, -0.15) is 0 Å². The highest BCUT2D eigenvalue weighted by atomic mass is 32.2. The van der Waals surface area contributed by atoms with Gasteiger partial charge in [-0.25, -0.2) is 13.4 Å². The van der Waals surface area contributed by atoms with E-state index in [2.05, 4.69) is 9.71 Å². The molecule has 2 rings (SSSR count). The third-order valence-corrected chi connectivity index (χ3v) is 4.33. The van der Waals surface area contributed by atoms with E-state index >= 15 is 0 Å². The normalized spacial score (nSPS) is 20.4. The summed E-state index contributed by atoms with van der Waals surface area (Å²) in [6, 6.07) is 5.07. The Morgan fingerprint density at radius 3 is 3.00 bits per heavy atom. The Kier molecular flexibility index (Phi) is 3.60. The zero-order valence-corrected chi connectivity index (χ0v) is 10.1. The first-order chi connectivity index (χ1) is 8.12. The second kappa shape index (κ2) is 4.99. The maximum Gasteiger partial charge on any atom is 0.239 e. The lowest BCUT2D eigenvalue weighted by atomic mass is 10.3. The predicted octanol–water partition coefficient (Wildman–Crippen LogP) is 0.0709. The number of hydrogen-bond donors (Lipinski definition) is 2. The molecule has 1 aliphatic heterocycles. The van der Waals surface area contributed by atoms with E-state index in [1.807, 2.05) is 0 Å². The van der Waals surface area contributed by atoms with E-state index in [-0.39, 0.29) is 13.2 Å². The van der Waals surface area contributed by atoms with Crippen molar-refractivity contribution in [2.75, 3.05) is 17.9 Å². The van der Waals surface area contributed by atoms with E-state index in [1.165, 1.54) is 0 Å². The average Bonchev–Trinajstić information content (AvgIpc) is 2.83. The van der Waals surface area contributed by atoms with Gasteiger partial charge in [0.2, 0.25) is 10.0 Å². The number of aromatic nitrogens is 1. The zero-order chi connectivity index (χ0) is 12.3. The third kappa shape index (κ3) is 2.93. The minimum absolute atomic E-state index is 0.242. The van der Waals surface area contributed by atoms with E-state index in [0.29, 0.717) is 24.5 Å². The smallest absolute Gasteiger partial charge is 0.239 e. The molecule has 1 atom stereocenters. The largest absolute Gasteiger partial charge is 0.380 e. The SMILES string of the molecule is NCc1cccc(NS(=O)(=O)C2CCOC2)n1. The van der Waals surface area contributed by atoms with Gasteiger partial charge >= 0.3 is 0 Å². The number of nitrogens with zero attached hydrogens (tertiary/aromatic N) is 1. The van der Waals surface area contributed by atoms with Crippen molar-refractivity contribution < 1.29 is 13.2 Å². The molecule has 1 fully saturated rings. The number of sulfonamides is 1. The van der Waals surface area contributed by atoms with Gasteiger partial charge in [0.1, 0.15) is 11.1 Å². The molecule has 0 saturated carbocycles. The second-order valence-electron chi connectivity index (χ2n) is 3.85. The maximum atomic E-state index is 11.9. The van der Waals surface area contributed by atoms with Gasteiger partial charge < -0.3 is 10.5 Å². The highest BCUT2D eigenvalue weighted by molar-refractivity contribution is 7.93. The van der Waals surface area contributed by atoms with Crippen molar-refractivity contribution in [2.24, 2.45) is 5.73 Å². The first kappa shape index (κ1) is 12.3. The van der Waals surface area contributed by atoms with Crippen LogP contribution in [0.4, 0.5) is 5.82 Å². The molecular weight excluding hydrogens is 242 g/mol. The summed E-state index contributed by atoms with van der Waals surface area (Å²) in [5.74, 6) is 0.305. The van der Waals surface area contributed by atoms with Crippen LogP contribution < -0.4 is 10.5 Å². The summed E-state index contributed by atoms with van der Waals surface area (Å²) in [7, 11) is -3.42. The van der Waals surface area contributed by atoms with E-state index in [4.69, 9.17) is 10.5 Å². The standard InChI is InChI=1S/C10H15N3O3S/c11-6-8-2-1-3-10(12-8)13-17(14,15)9-4-5-16-7-9/h1-3,9H,4-7,11H2,(H,12,13). The average molecular weight is 257 g/mol. The van der Waals surface area contributed by atoms with E-state index in [9.17, 15) is 8.42 Å². The van der Waals surface area contributed by atoms with Crippen LogP contribution >= 0.6 is 0 Å². The quantitative estimate of drug-likeness (QED) is 0.796. The molecule has 2 heterocycles. The summed E-state index contributed by atoms with van der Waals surface area (Å²) in [6.07, 6.45) is 0.520. The van der Waals surface area contributed by atoms with Gasteiger partial charge in [-0.3, -0.25) is 4.72 Å². The van der Waals surface area contributed by atoms with Crippen molar-refractivity contribution in [1.29, 1.82) is 0 Å². The number of pyridine rings is 1. The van der Waals surface area contributed by atoms with Crippen LogP contribution in [0.3, 0.4) is 0 Å². The Labute approximate surface area is 100 Å². The number of nitrogens with one attached hydrogen (secondary N) is 1. The van der Waals surface area contributed by atoms with Crippen LogP contribution in [0.1, 0.15) is 12.1 Å². The van der Waals surface area contributed by atoms with Crippen molar-refractivity contribution in [1.82, 2.24) is 4.98 Å². The summed E-state index contributed by atoms with van der Waals surface area (Å²) < 4.78 is 31.4. The molecule has 17 heavy (non-hydrogen) atoms. The molecule has 1 aliphatic rings. The fourth-order valence-corrected chi connectivity index (χ4v) is 2.89. The molecule has 7 heteroatoms. The Bertz CT molecular complexity index is 483. The lowest BCUT2D eigenvalue weighted by Crippen LogP contribution is -2.28. The molecule has 1 unspecified atom stereocenters. The first-order valence-corrected chi connectivity index (χ1v) is 6.92. The van der Waals surface area contributed by atoms with Crippen molar-refractivity contribution in [3.63, 3.8) is 0 Å². The molecule has 0 radical (unpaired) electrons. The number of rotatable bonds is 4. The van der Waals surface area contributed by atoms with Crippen LogP contribution in [0.15, 0.2) is 18.2 Å². The maximum absolute atomic E-state index is 11.9. The number of ether oxygens (including phenoxy) is 1. The Balaban J connectivity index is 2.13. The van der Waals surface area contributed by atoms with Gasteiger partial charge in [0.05, 0.1) is 12.3 Å². The lowest BCUT2D eigenvalue weighted by Gasteiger charge is -2.12. The molecular formula is C10H15N3O3S. The monoisotopic (exact) mass is 257 g/mol. The van der Waals surface area contributed by atoms with Crippen molar-refractivity contribution >= 4 is 15.8 Å². The van der Waals surface area contributed by atoms with Crippen molar-refractivity contribution in [3.8, 4) is 0 Å². The summed E-state index contributed by atoms with van der Waals surface area (Å²) in [5, 5.41) is -0.495. The molecule has 1 aromatic rings. The van der Waals surface area contributed by atoms with Gasteiger partial charge in [-0.05, 0) is 18.6 Å². The fourth-order valence-electron chi connectivity index (χ4n) is 1.64. The molecule has 1 aromatic heterocycles. The molecule has 0 aromatic carbocycles. The lowest BCUT2D eigenvalue weighted by molar-refractivity contribution is 0.198. The fraction of sp³-hybridized carbons (Fsp3) is 0.500. The molecule has 0 bridgehead atoms. The minimum atomic E-state index is -3.42. The predicted molar refractivity (Wildman–Crippen MR) is 63.9 cm³/mol. The molecule has 0 spiro atoms. The van der Waals surface area contributed by atoms with Crippen LogP contribution in [0, 0.1) is 0 Å². The van der Waals surface area contributed by atoms with E-state index in [1.54, 1.807) is 18.2 Å². The molecule has 0 aliphatic carbocycles. The highest BCUT2D eigenvalue weighted by Gasteiger charge is 2.29. The zero-order valence-electron chi connectivity index (χ0n) is 9.30. The van der Waals surface area contributed by atoms with E-state index in [0.717, 1.165) is 0 Å². The van der Waals surface area contributed by atoms with Gasteiger partial charge in [-0.15, -0.1) is 0 Å². The summed E-state index contributed by atoms with van der Waals surface area (Å²) in [5.41, 5.74) is 6.09. The van der Waals surface area contributed by atoms with Crippen LogP contribution in [0.25, 0.3) is 0 Å². The molecule has 1 saturated heterocycles. The summed E-state index contributed by atoms with van der Waals surface area (Å²) in [6.45, 7) is 1.01. The van der Waals surface area contributed by atoms with Gasteiger partial charge in [0, 0.05) is 13.2 Å². The van der Waals surface area contributed by atoms with Crippen molar-refractivity contribution in [2.45, 2.75) is 18.2 Å². The van der Waals surface area contributed by atoms with Gasteiger partial charge in [0.15, 0.2) is 0 Å². The minimum Gasteiger partial charge on any atom is -0.380 e. The molecule has 0 amide bonds. The molecule has 3 N–H and O–H groups in total. The Hall–Kier alpha value is -1.18. The first-order valence-electron chi connectivity index (χ1n) is 5.37. The van der Waals surface area contributed by atoms with Crippen LogP contribution in [-0.2, 0) is 21.3 Å². The van der Waals surface area contributed by atoms with Crippen molar-refractivity contribution in [3.05, 3.63) is 23.9 Å². The van der Waals surface area contributed by atoms with Gasteiger partial charge in [0.25, 0.3) is 0 Å². The highest BCUT2D eigenvalue weighted by Crippen LogP contribution is 2.16. The summed E-state index contributed by atoms with van der Waals surface area (Å²) >= 11 is 0. The Morgan fingerprint density at radius 2 is 2.35 bits per heavy atom.